The highest BCUT2D eigenvalue weighted by Crippen LogP contribution is 2.40. The molecule has 6 heteroatoms. The first-order valence-corrected chi connectivity index (χ1v) is 7.48. The SMILES string of the molecule is CC(=O)N1CCN(Cc2cc(Br)c3c(c2)OCO3)CC1. The minimum absolute atomic E-state index is 0.162. The summed E-state index contributed by atoms with van der Waals surface area (Å²) in [7, 11) is 0. The summed E-state index contributed by atoms with van der Waals surface area (Å²) in [6.07, 6.45) is 0. The number of carbonyl (C=O) groups is 1. The van der Waals surface area contributed by atoms with Crippen LogP contribution >= 0.6 is 15.9 Å². The molecule has 0 atom stereocenters. The number of hydrogen-bond donors (Lipinski definition) is 0. The van der Waals surface area contributed by atoms with Crippen LogP contribution in [0, 0.1) is 0 Å². The first kappa shape index (κ1) is 13.7. The van der Waals surface area contributed by atoms with Crippen molar-refractivity contribution in [2.75, 3.05) is 33.0 Å². The summed E-state index contributed by atoms with van der Waals surface area (Å²) < 4.78 is 11.8. The molecule has 0 spiro atoms. The lowest BCUT2D eigenvalue weighted by molar-refractivity contribution is -0.130. The van der Waals surface area contributed by atoms with Crippen LogP contribution in [0.4, 0.5) is 0 Å². The van der Waals surface area contributed by atoms with Crippen LogP contribution in [0.1, 0.15) is 12.5 Å². The van der Waals surface area contributed by atoms with Crippen LogP contribution < -0.4 is 9.47 Å². The molecule has 1 aromatic carbocycles. The molecule has 0 aromatic heterocycles. The molecule has 0 unspecified atom stereocenters. The predicted octanol–water partition coefficient (Wildman–Crippen LogP) is 1.84. The van der Waals surface area contributed by atoms with Gasteiger partial charge in [0.15, 0.2) is 11.5 Å². The zero-order valence-electron chi connectivity index (χ0n) is 11.4. The molecule has 1 amide bonds. The topological polar surface area (TPSA) is 42.0 Å². The van der Waals surface area contributed by atoms with E-state index in [2.05, 4.69) is 26.9 Å². The Morgan fingerprint density at radius 2 is 2.00 bits per heavy atom. The average molecular weight is 341 g/mol. The van der Waals surface area contributed by atoms with Crippen LogP contribution in [-0.4, -0.2) is 48.7 Å². The summed E-state index contributed by atoms with van der Waals surface area (Å²) >= 11 is 3.52. The molecular weight excluding hydrogens is 324 g/mol. The third-order valence-corrected chi connectivity index (χ3v) is 4.30. The van der Waals surface area contributed by atoms with Crippen molar-refractivity contribution in [2.24, 2.45) is 0 Å². The van der Waals surface area contributed by atoms with Gasteiger partial charge in [0.25, 0.3) is 0 Å². The summed E-state index contributed by atoms with van der Waals surface area (Å²) in [6, 6.07) is 4.11. The normalized spacial score (nSPS) is 18.4. The minimum atomic E-state index is 0.162. The van der Waals surface area contributed by atoms with E-state index in [-0.39, 0.29) is 12.7 Å². The average Bonchev–Trinajstić information content (AvgIpc) is 2.88. The summed E-state index contributed by atoms with van der Waals surface area (Å²) in [4.78, 5) is 15.6. The molecular formula is C14H17BrN2O3. The van der Waals surface area contributed by atoms with Crippen molar-refractivity contribution < 1.29 is 14.3 Å². The van der Waals surface area contributed by atoms with Gasteiger partial charge in [0.05, 0.1) is 4.47 Å². The molecule has 5 nitrogen and oxygen atoms in total. The number of hydrogen-bond acceptors (Lipinski definition) is 4. The number of ether oxygens (including phenoxy) is 2. The Hall–Kier alpha value is -1.27. The van der Waals surface area contributed by atoms with Crippen molar-refractivity contribution in [1.82, 2.24) is 9.80 Å². The van der Waals surface area contributed by atoms with Crippen LogP contribution in [0.15, 0.2) is 16.6 Å². The number of rotatable bonds is 2. The van der Waals surface area contributed by atoms with Gasteiger partial charge in [-0.3, -0.25) is 9.69 Å². The molecule has 2 aliphatic rings. The van der Waals surface area contributed by atoms with Gasteiger partial charge in [-0.1, -0.05) is 0 Å². The highest BCUT2D eigenvalue weighted by Gasteiger charge is 2.21. The van der Waals surface area contributed by atoms with E-state index in [1.54, 1.807) is 6.92 Å². The maximum absolute atomic E-state index is 11.3. The molecule has 1 saturated heterocycles. The van der Waals surface area contributed by atoms with E-state index in [4.69, 9.17) is 9.47 Å². The van der Waals surface area contributed by atoms with E-state index in [0.717, 1.165) is 48.7 Å². The van der Waals surface area contributed by atoms with E-state index >= 15 is 0 Å². The highest BCUT2D eigenvalue weighted by atomic mass is 79.9. The Morgan fingerprint density at radius 1 is 1.25 bits per heavy atom. The monoisotopic (exact) mass is 340 g/mol. The predicted molar refractivity (Wildman–Crippen MR) is 77.8 cm³/mol. The summed E-state index contributed by atoms with van der Waals surface area (Å²) in [6.45, 7) is 6.21. The van der Waals surface area contributed by atoms with Gasteiger partial charge in [-0.15, -0.1) is 0 Å². The van der Waals surface area contributed by atoms with Crippen molar-refractivity contribution in [3.05, 3.63) is 22.2 Å². The molecule has 0 saturated carbocycles. The van der Waals surface area contributed by atoms with Crippen LogP contribution in [-0.2, 0) is 11.3 Å². The smallest absolute Gasteiger partial charge is 0.231 e. The second kappa shape index (κ2) is 5.61. The molecule has 2 aliphatic heterocycles. The van der Waals surface area contributed by atoms with Crippen molar-refractivity contribution >= 4 is 21.8 Å². The summed E-state index contributed by atoms with van der Waals surface area (Å²) in [5.41, 5.74) is 1.19. The van der Waals surface area contributed by atoms with E-state index in [9.17, 15) is 4.79 Å². The molecule has 0 radical (unpaired) electrons. The van der Waals surface area contributed by atoms with Crippen molar-refractivity contribution in [3.8, 4) is 11.5 Å². The number of benzene rings is 1. The third-order valence-electron chi connectivity index (χ3n) is 3.71. The van der Waals surface area contributed by atoms with Gasteiger partial charge in [0, 0.05) is 39.6 Å². The van der Waals surface area contributed by atoms with Gasteiger partial charge < -0.3 is 14.4 Å². The van der Waals surface area contributed by atoms with Crippen LogP contribution in [0.5, 0.6) is 11.5 Å². The Kier molecular flexibility index (Phi) is 3.85. The largest absolute Gasteiger partial charge is 0.454 e. The Morgan fingerprint density at radius 3 is 2.70 bits per heavy atom. The second-order valence-corrected chi connectivity index (χ2v) is 5.95. The maximum atomic E-state index is 11.3. The molecule has 20 heavy (non-hydrogen) atoms. The van der Waals surface area contributed by atoms with Crippen molar-refractivity contribution in [2.45, 2.75) is 13.5 Å². The molecule has 0 N–H and O–H groups in total. The zero-order chi connectivity index (χ0) is 14.1. The fourth-order valence-electron chi connectivity index (χ4n) is 2.59. The first-order valence-electron chi connectivity index (χ1n) is 6.69. The Labute approximate surface area is 126 Å². The number of amides is 1. The standard InChI is InChI=1S/C14H17BrN2O3/c1-10(18)17-4-2-16(3-5-17)8-11-6-12(15)14-13(7-11)19-9-20-14/h6-7H,2-5,8-9H2,1H3. The highest BCUT2D eigenvalue weighted by molar-refractivity contribution is 9.10. The van der Waals surface area contributed by atoms with Crippen molar-refractivity contribution in [1.29, 1.82) is 0 Å². The van der Waals surface area contributed by atoms with Gasteiger partial charge >= 0.3 is 0 Å². The molecule has 2 heterocycles. The second-order valence-electron chi connectivity index (χ2n) is 5.09. The lowest BCUT2D eigenvalue weighted by Crippen LogP contribution is -2.47. The number of carbonyl (C=O) groups excluding carboxylic acids is 1. The Balaban J connectivity index is 1.65. The molecule has 108 valence electrons. The van der Waals surface area contributed by atoms with Gasteiger partial charge in [-0.25, -0.2) is 0 Å². The van der Waals surface area contributed by atoms with Gasteiger partial charge in [0.2, 0.25) is 12.7 Å². The molecule has 0 bridgehead atoms. The van der Waals surface area contributed by atoms with Crippen LogP contribution in [0.2, 0.25) is 0 Å². The maximum Gasteiger partial charge on any atom is 0.231 e. The molecule has 0 aliphatic carbocycles. The van der Waals surface area contributed by atoms with E-state index < -0.39 is 0 Å². The van der Waals surface area contributed by atoms with Crippen LogP contribution in [0.3, 0.4) is 0 Å². The summed E-state index contributed by atoms with van der Waals surface area (Å²) in [5, 5.41) is 0. The third kappa shape index (κ3) is 2.76. The lowest BCUT2D eigenvalue weighted by Gasteiger charge is -2.34. The summed E-state index contributed by atoms with van der Waals surface area (Å²) in [5.74, 6) is 1.75. The number of piperazine rings is 1. The van der Waals surface area contributed by atoms with Gasteiger partial charge in [0.1, 0.15) is 0 Å². The Bertz CT molecular complexity index is 527. The minimum Gasteiger partial charge on any atom is -0.454 e. The molecule has 1 fully saturated rings. The number of nitrogens with zero attached hydrogens (tertiary/aromatic N) is 2. The van der Waals surface area contributed by atoms with Gasteiger partial charge in [-0.2, -0.15) is 0 Å². The number of fused-ring (bicyclic) bond motifs is 1. The fourth-order valence-corrected chi connectivity index (χ4v) is 3.20. The van der Waals surface area contributed by atoms with Crippen molar-refractivity contribution in [3.63, 3.8) is 0 Å². The van der Waals surface area contributed by atoms with E-state index in [1.807, 2.05) is 11.0 Å². The van der Waals surface area contributed by atoms with E-state index in [0.29, 0.717) is 0 Å². The van der Waals surface area contributed by atoms with E-state index in [1.165, 1.54) is 5.56 Å². The zero-order valence-corrected chi connectivity index (χ0v) is 13.0. The quantitative estimate of drug-likeness (QED) is 0.823. The fraction of sp³-hybridized carbons (Fsp3) is 0.500. The molecule has 1 aromatic rings. The lowest BCUT2D eigenvalue weighted by atomic mass is 10.1. The van der Waals surface area contributed by atoms with Gasteiger partial charge in [-0.05, 0) is 33.6 Å². The first-order chi connectivity index (χ1) is 9.63. The van der Waals surface area contributed by atoms with Crippen LogP contribution in [0.25, 0.3) is 0 Å². The molecule has 3 rings (SSSR count). The number of halogens is 1.